The van der Waals surface area contributed by atoms with E-state index in [9.17, 15) is 4.79 Å². The van der Waals surface area contributed by atoms with Gasteiger partial charge in [0.05, 0.1) is 13.3 Å². The van der Waals surface area contributed by atoms with Gasteiger partial charge < -0.3 is 4.74 Å². The fourth-order valence-corrected chi connectivity index (χ4v) is 1.41. The summed E-state index contributed by atoms with van der Waals surface area (Å²) in [6.45, 7) is 1.45. The molecule has 5 heteroatoms. The van der Waals surface area contributed by atoms with E-state index in [2.05, 4.69) is 15.0 Å². The summed E-state index contributed by atoms with van der Waals surface area (Å²) in [5.41, 5.74) is 1.10. The van der Waals surface area contributed by atoms with Crippen molar-refractivity contribution in [1.82, 2.24) is 15.0 Å². The van der Waals surface area contributed by atoms with Crippen LogP contribution in [0.3, 0.4) is 0 Å². The van der Waals surface area contributed by atoms with E-state index >= 15 is 0 Å². The summed E-state index contributed by atoms with van der Waals surface area (Å²) in [5, 5.41) is 0. The van der Waals surface area contributed by atoms with Crippen molar-refractivity contribution < 1.29 is 9.53 Å². The van der Waals surface area contributed by atoms with Gasteiger partial charge in [-0.1, -0.05) is 0 Å². The van der Waals surface area contributed by atoms with E-state index in [1.807, 2.05) is 0 Å². The Bertz CT molecular complexity index is 541. The van der Waals surface area contributed by atoms with E-state index in [0.717, 1.165) is 5.56 Å². The summed E-state index contributed by atoms with van der Waals surface area (Å²) in [6.07, 6.45) is 4.80. The number of pyridine rings is 1. The molecule has 86 valence electrons. The monoisotopic (exact) mass is 229 g/mol. The van der Waals surface area contributed by atoms with Gasteiger partial charge in [0, 0.05) is 24.9 Å². The van der Waals surface area contributed by atoms with Crippen LogP contribution in [0.2, 0.25) is 0 Å². The van der Waals surface area contributed by atoms with Crippen LogP contribution in [0, 0.1) is 0 Å². The zero-order valence-electron chi connectivity index (χ0n) is 9.54. The molecule has 0 aliphatic carbocycles. The maximum Gasteiger partial charge on any atom is 0.182 e. The van der Waals surface area contributed by atoms with Gasteiger partial charge in [0.1, 0.15) is 0 Å². The fraction of sp³-hybridized carbons (Fsp3) is 0.167. The van der Waals surface area contributed by atoms with Crippen LogP contribution < -0.4 is 4.74 Å². The first-order chi connectivity index (χ1) is 8.22. The van der Waals surface area contributed by atoms with E-state index in [0.29, 0.717) is 11.6 Å². The number of hydrogen-bond donors (Lipinski definition) is 0. The third-order valence-electron chi connectivity index (χ3n) is 2.25. The molecule has 0 unspecified atom stereocenters. The van der Waals surface area contributed by atoms with Crippen molar-refractivity contribution in [2.24, 2.45) is 0 Å². The average Bonchev–Trinajstić information content (AvgIpc) is 2.39. The Kier molecular flexibility index (Phi) is 3.09. The van der Waals surface area contributed by atoms with Gasteiger partial charge in [-0.2, -0.15) is 0 Å². The second-order valence-electron chi connectivity index (χ2n) is 3.40. The van der Waals surface area contributed by atoms with Gasteiger partial charge in [-0.15, -0.1) is 0 Å². The van der Waals surface area contributed by atoms with Crippen LogP contribution in [0.25, 0.3) is 11.4 Å². The van der Waals surface area contributed by atoms with Crippen LogP contribution in [0.4, 0.5) is 0 Å². The van der Waals surface area contributed by atoms with Crippen molar-refractivity contribution >= 4 is 5.78 Å². The van der Waals surface area contributed by atoms with Crippen LogP contribution in [-0.4, -0.2) is 27.8 Å². The van der Waals surface area contributed by atoms with Gasteiger partial charge in [0.2, 0.25) is 0 Å². The first-order valence-corrected chi connectivity index (χ1v) is 5.04. The van der Waals surface area contributed by atoms with Crippen LogP contribution in [0.5, 0.6) is 5.75 Å². The Hall–Kier alpha value is -2.30. The minimum atomic E-state index is -0.153. The zero-order valence-corrected chi connectivity index (χ0v) is 9.54. The van der Waals surface area contributed by atoms with Gasteiger partial charge in [0.25, 0.3) is 0 Å². The standard InChI is InChI=1S/C12H11N3O2/c1-8(16)11-10(17-2)7-14-12(15-11)9-3-5-13-6-4-9/h3-7H,1-2H3. The predicted molar refractivity (Wildman–Crippen MR) is 61.8 cm³/mol. The zero-order chi connectivity index (χ0) is 12.3. The molecule has 0 aliphatic heterocycles. The highest BCUT2D eigenvalue weighted by molar-refractivity contribution is 5.95. The number of ether oxygens (including phenoxy) is 1. The normalized spacial score (nSPS) is 10.0. The highest BCUT2D eigenvalue weighted by atomic mass is 16.5. The molecule has 0 radical (unpaired) electrons. The largest absolute Gasteiger partial charge is 0.493 e. The lowest BCUT2D eigenvalue weighted by Crippen LogP contribution is -2.04. The summed E-state index contributed by atoms with van der Waals surface area (Å²) in [4.78, 5) is 23.7. The van der Waals surface area contributed by atoms with Gasteiger partial charge in [0.15, 0.2) is 23.1 Å². The van der Waals surface area contributed by atoms with Crippen LogP contribution in [0.15, 0.2) is 30.7 Å². The predicted octanol–water partition coefficient (Wildman–Crippen LogP) is 1.75. The van der Waals surface area contributed by atoms with Crippen LogP contribution in [0.1, 0.15) is 17.4 Å². The molecule has 0 saturated heterocycles. The maximum atomic E-state index is 11.4. The molecule has 5 nitrogen and oxygen atoms in total. The highest BCUT2D eigenvalue weighted by Crippen LogP contribution is 2.20. The van der Waals surface area contributed by atoms with Gasteiger partial charge in [-0.3, -0.25) is 9.78 Å². The quantitative estimate of drug-likeness (QED) is 0.750. The number of nitrogens with zero attached hydrogens (tertiary/aromatic N) is 3. The van der Waals surface area contributed by atoms with E-state index in [1.54, 1.807) is 24.5 Å². The number of ketones is 1. The molecule has 0 amide bonds. The number of aromatic nitrogens is 3. The summed E-state index contributed by atoms with van der Waals surface area (Å²) >= 11 is 0. The first-order valence-electron chi connectivity index (χ1n) is 5.04. The number of rotatable bonds is 3. The van der Waals surface area contributed by atoms with Crippen molar-refractivity contribution in [3.63, 3.8) is 0 Å². The minimum absolute atomic E-state index is 0.153. The molecule has 0 bridgehead atoms. The van der Waals surface area contributed by atoms with Gasteiger partial charge in [-0.25, -0.2) is 9.97 Å². The molecule has 0 N–H and O–H groups in total. The van der Waals surface area contributed by atoms with Gasteiger partial charge in [-0.05, 0) is 12.1 Å². The number of hydrogen-bond acceptors (Lipinski definition) is 5. The molecular weight excluding hydrogens is 218 g/mol. The Balaban J connectivity index is 2.51. The summed E-state index contributed by atoms with van der Waals surface area (Å²) < 4.78 is 5.04. The van der Waals surface area contributed by atoms with E-state index in [1.165, 1.54) is 20.2 Å². The molecule has 0 fully saturated rings. The lowest BCUT2D eigenvalue weighted by atomic mass is 10.2. The van der Waals surface area contributed by atoms with Crippen LogP contribution >= 0.6 is 0 Å². The molecule has 0 spiro atoms. The molecule has 0 aliphatic rings. The smallest absolute Gasteiger partial charge is 0.182 e. The first kappa shape index (κ1) is 11.2. The minimum Gasteiger partial charge on any atom is -0.493 e. The summed E-state index contributed by atoms with van der Waals surface area (Å²) in [7, 11) is 1.48. The maximum absolute atomic E-state index is 11.4. The lowest BCUT2D eigenvalue weighted by Gasteiger charge is -2.06. The second-order valence-corrected chi connectivity index (χ2v) is 3.40. The third-order valence-corrected chi connectivity index (χ3v) is 2.25. The molecule has 2 aromatic heterocycles. The lowest BCUT2D eigenvalue weighted by molar-refractivity contribution is 0.101. The fourth-order valence-electron chi connectivity index (χ4n) is 1.41. The number of Topliss-reactive ketones (excluding diaryl/α,β-unsaturated/α-hetero) is 1. The van der Waals surface area contributed by atoms with E-state index in [-0.39, 0.29) is 11.5 Å². The van der Waals surface area contributed by atoms with Crippen molar-refractivity contribution in [3.8, 4) is 17.1 Å². The number of methoxy groups -OCH3 is 1. The Morgan fingerprint density at radius 1 is 1.29 bits per heavy atom. The van der Waals surface area contributed by atoms with Crippen molar-refractivity contribution in [2.75, 3.05) is 7.11 Å². The molecule has 2 rings (SSSR count). The van der Waals surface area contributed by atoms with Crippen molar-refractivity contribution in [2.45, 2.75) is 6.92 Å². The van der Waals surface area contributed by atoms with Crippen molar-refractivity contribution in [1.29, 1.82) is 0 Å². The summed E-state index contributed by atoms with van der Waals surface area (Å²) in [5.74, 6) is 0.716. The topological polar surface area (TPSA) is 65.0 Å². The van der Waals surface area contributed by atoms with E-state index < -0.39 is 0 Å². The van der Waals surface area contributed by atoms with Crippen molar-refractivity contribution in [3.05, 3.63) is 36.4 Å². The Morgan fingerprint density at radius 2 is 2.00 bits per heavy atom. The Morgan fingerprint density at radius 3 is 2.59 bits per heavy atom. The summed E-state index contributed by atoms with van der Waals surface area (Å²) in [6, 6.07) is 3.57. The van der Waals surface area contributed by atoms with E-state index in [4.69, 9.17) is 4.74 Å². The molecule has 0 atom stereocenters. The number of carbonyl (C=O) groups is 1. The second kappa shape index (κ2) is 4.69. The highest BCUT2D eigenvalue weighted by Gasteiger charge is 2.12. The molecule has 0 saturated carbocycles. The number of carbonyl (C=O) groups excluding carboxylic acids is 1. The average molecular weight is 229 g/mol. The third kappa shape index (κ3) is 2.28. The van der Waals surface area contributed by atoms with Crippen LogP contribution in [-0.2, 0) is 0 Å². The Labute approximate surface area is 98.5 Å². The molecule has 0 aromatic carbocycles. The molecular formula is C12H11N3O2. The molecule has 2 aromatic rings. The SMILES string of the molecule is COc1cnc(-c2ccncc2)nc1C(C)=O. The molecule has 17 heavy (non-hydrogen) atoms. The van der Waals surface area contributed by atoms with Gasteiger partial charge >= 0.3 is 0 Å². The molecule has 2 heterocycles.